The number of benzene rings is 2. The largest absolute Gasteiger partial charge is 0.349 e. The molecule has 0 saturated heterocycles. The van der Waals surface area contributed by atoms with E-state index in [9.17, 15) is 18.8 Å². The van der Waals surface area contributed by atoms with Gasteiger partial charge in [-0.15, -0.1) is 0 Å². The van der Waals surface area contributed by atoms with Crippen LogP contribution in [0.25, 0.3) is 0 Å². The van der Waals surface area contributed by atoms with Crippen molar-refractivity contribution in [3.63, 3.8) is 0 Å². The van der Waals surface area contributed by atoms with Gasteiger partial charge in [-0.05, 0) is 37.3 Å². The molecule has 2 rings (SSSR count). The lowest BCUT2D eigenvalue weighted by Gasteiger charge is -2.20. The van der Waals surface area contributed by atoms with Gasteiger partial charge >= 0.3 is 0 Å². The monoisotopic (exact) mass is 371 g/mol. The Hall–Kier alpha value is -3.22. The number of amides is 3. The van der Waals surface area contributed by atoms with Gasteiger partial charge in [-0.3, -0.25) is 14.4 Å². The minimum absolute atomic E-state index is 0.0579. The minimum atomic E-state index is -0.458. The number of carbonyl (C=O) groups excluding carboxylic acids is 3. The molecule has 0 aliphatic heterocycles. The maximum atomic E-state index is 13.1. The van der Waals surface area contributed by atoms with Gasteiger partial charge in [0.05, 0.1) is 6.54 Å². The Labute approximate surface area is 157 Å². The molecule has 7 heteroatoms. The summed E-state index contributed by atoms with van der Waals surface area (Å²) in [7, 11) is 1.50. The molecule has 0 spiro atoms. The standard InChI is InChI=1S/C20H22FN3O3/c1-14(22-20(27)15-7-4-3-5-8-15)11-19(26)24(2)13-18(25)23-17-10-6-9-16(21)12-17/h3-10,12,14H,11,13H2,1-2H3,(H,22,27)(H,23,25). The Kier molecular flexibility index (Phi) is 7.05. The van der Waals surface area contributed by atoms with E-state index in [2.05, 4.69) is 10.6 Å². The lowest BCUT2D eigenvalue weighted by Crippen LogP contribution is -2.40. The van der Waals surface area contributed by atoms with Gasteiger partial charge in [0, 0.05) is 30.8 Å². The van der Waals surface area contributed by atoms with Gasteiger partial charge in [-0.1, -0.05) is 24.3 Å². The number of hydrogen-bond acceptors (Lipinski definition) is 3. The van der Waals surface area contributed by atoms with E-state index in [0.717, 1.165) is 0 Å². The van der Waals surface area contributed by atoms with Gasteiger partial charge in [0.15, 0.2) is 0 Å². The third kappa shape index (κ3) is 6.54. The smallest absolute Gasteiger partial charge is 0.251 e. The predicted molar refractivity (Wildman–Crippen MR) is 101 cm³/mol. The number of hydrogen-bond donors (Lipinski definition) is 2. The molecule has 3 amide bonds. The van der Waals surface area contributed by atoms with Crippen LogP contribution in [0.4, 0.5) is 10.1 Å². The van der Waals surface area contributed by atoms with Crippen LogP contribution < -0.4 is 10.6 Å². The quantitative estimate of drug-likeness (QED) is 0.785. The summed E-state index contributed by atoms with van der Waals surface area (Å²) >= 11 is 0. The summed E-state index contributed by atoms with van der Waals surface area (Å²) in [4.78, 5) is 37.6. The summed E-state index contributed by atoms with van der Waals surface area (Å²) < 4.78 is 13.1. The fraction of sp³-hybridized carbons (Fsp3) is 0.250. The van der Waals surface area contributed by atoms with Crippen molar-refractivity contribution in [1.82, 2.24) is 10.2 Å². The molecular formula is C20H22FN3O3. The summed E-state index contributed by atoms with van der Waals surface area (Å²) in [6.07, 6.45) is 0.0579. The van der Waals surface area contributed by atoms with Gasteiger partial charge in [0.25, 0.3) is 5.91 Å². The number of carbonyl (C=O) groups is 3. The molecule has 1 unspecified atom stereocenters. The molecule has 0 radical (unpaired) electrons. The zero-order chi connectivity index (χ0) is 19.8. The Balaban J connectivity index is 1.80. The number of halogens is 1. The molecular weight excluding hydrogens is 349 g/mol. The second kappa shape index (κ2) is 9.47. The average Bonchev–Trinajstić information content (AvgIpc) is 2.62. The van der Waals surface area contributed by atoms with E-state index in [1.165, 1.54) is 30.1 Å². The highest BCUT2D eigenvalue weighted by atomic mass is 19.1. The fourth-order valence-corrected chi connectivity index (χ4v) is 2.44. The lowest BCUT2D eigenvalue weighted by molar-refractivity contribution is -0.133. The Morgan fingerprint density at radius 3 is 2.44 bits per heavy atom. The molecule has 0 aromatic heterocycles. The highest BCUT2D eigenvalue weighted by Gasteiger charge is 2.18. The molecule has 0 heterocycles. The van der Waals surface area contributed by atoms with Crippen molar-refractivity contribution in [3.05, 3.63) is 66.0 Å². The number of rotatable bonds is 7. The number of likely N-dealkylation sites (N-methyl/N-ethyl adjacent to an activating group) is 1. The molecule has 142 valence electrons. The molecule has 0 saturated carbocycles. The normalized spacial score (nSPS) is 11.4. The molecule has 2 N–H and O–H groups in total. The van der Waals surface area contributed by atoms with E-state index in [4.69, 9.17) is 0 Å². The van der Waals surface area contributed by atoms with E-state index in [1.54, 1.807) is 37.3 Å². The summed E-state index contributed by atoms with van der Waals surface area (Å²) in [5, 5.41) is 5.29. The van der Waals surface area contributed by atoms with Crippen LogP contribution in [-0.2, 0) is 9.59 Å². The zero-order valence-electron chi connectivity index (χ0n) is 15.2. The summed E-state index contributed by atoms with van der Waals surface area (Å²) in [5.74, 6) is -1.44. The van der Waals surface area contributed by atoms with Gasteiger partial charge in [-0.25, -0.2) is 4.39 Å². The van der Waals surface area contributed by atoms with Crippen LogP contribution in [0.15, 0.2) is 54.6 Å². The molecule has 0 fully saturated rings. The first-order valence-electron chi connectivity index (χ1n) is 8.50. The molecule has 2 aromatic rings. The molecule has 2 aromatic carbocycles. The van der Waals surface area contributed by atoms with Crippen molar-refractivity contribution in [2.24, 2.45) is 0 Å². The second-order valence-corrected chi connectivity index (χ2v) is 6.25. The van der Waals surface area contributed by atoms with Gasteiger partial charge in [0.1, 0.15) is 5.82 Å². The van der Waals surface area contributed by atoms with Crippen LogP contribution in [0.3, 0.4) is 0 Å². The van der Waals surface area contributed by atoms with Crippen LogP contribution in [0.1, 0.15) is 23.7 Å². The average molecular weight is 371 g/mol. The predicted octanol–water partition coefficient (Wildman–Crippen LogP) is 2.43. The molecule has 6 nitrogen and oxygen atoms in total. The van der Waals surface area contributed by atoms with Gasteiger partial charge in [0.2, 0.25) is 11.8 Å². The van der Waals surface area contributed by atoms with E-state index >= 15 is 0 Å². The Morgan fingerprint density at radius 1 is 1.07 bits per heavy atom. The highest BCUT2D eigenvalue weighted by molar-refractivity contribution is 5.95. The summed E-state index contributed by atoms with van der Waals surface area (Å²) in [6.45, 7) is 1.55. The van der Waals surface area contributed by atoms with Crippen molar-refractivity contribution in [3.8, 4) is 0 Å². The first kappa shape index (κ1) is 20.1. The van der Waals surface area contributed by atoms with Crippen molar-refractivity contribution < 1.29 is 18.8 Å². The SMILES string of the molecule is CC(CC(=O)N(C)CC(=O)Nc1cccc(F)c1)NC(=O)c1ccccc1. The lowest BCUT2D eigenvalue weighted by atomic mass is 10.1. The third-order valence-corrected chi connectivity index (χ3v) is 3.81. The zero-order valence-corrected chi connectivity index (χ0v) is 15.2. The fourth-order valence-electron chi connectivity index (χ4n) is 2.44. The molecule has 27 heavy (non-hydrogen) atoms. The van der Waals surface area contributed by atoms with Crippen LogP contribution >= 0.6 is 0 Å². The number of anilines is 1. The van der Waals surface area contributed by atoms with Gasteiger partial charge in [-0.2, -0.15) is 0 Å². The third-order valence-electron chi connectivity index (χ3n) is 3.81. The Morgan fingerprint density at radius 2 is 1.78 bits per heavy atom. The van der Waals surface area contributed by atoms with E-state index in [0.29, 0.717) is 11.3 Å². The highest BCUT2D eigenvalue weighted by Crippen LogP contribution is 2.09. The van der Waals surface area contributed by atoms with Crippen LogP contribution in [0, 0.1) is 5.82 Å². The molecule has 1 atom stereocenters. The summed E-state index contributed by atoms with van der Waals surface area (Å²) in [6, 6.07) is 13.8. The van der Waals surface area contributed by atoms with Crippen LogP contribution in [0.5, 0.6) is 0 Å². The van der Waals surface area contributed by atoms with Crippen LogP contribution in [0.2, 0.25) is 0 Å². The number of nitrogens with one attached hydrogen (secondary N) is 2. The first-order chi connectivity index (χ1) is 12.8. The topological polar surface area (TPSA) is 78.5 Å². The van der Waals surface area contributed by atoms with E-state index in [-0.39, 0.29) is 30.8 Å². The van der Waals surface area contributed by atoms with Gasteiger partial charge < -0.3 is 15.5 Å². The molecule has 0 aliphatic rings. The maximum Gasteiger partial charge on any atom is 0.251 e. The van der Waals surface area contributed by atoms with E-state index in [1.807, 2.05) is 6.07 Å². The van der Waals surface area contributed by atoms with Crippen LogP contribution in [-0.4, -0.2) is 42.3 Å². The maximum absolute atomic E-state index is 13.1. The molecule has 0 bridgehead atoms. The minimum Gasteiger partial charge on any atom is -0.349 e. The van der Waals surface area contributed by atoms with Crippen molar-refractivity contribution in [1.29, 1.82) is 0 Å². The Bertz CT molecular complexity index is 811. The first-order valence-corrected chi connectivity index (χ1v) is 8.50. The van der Waals surface area contributed by atoms with Crippen molar-refractivity contribution in [2.45, 2.75) is 19.4 Å². The van der Waals surface area contributed by atoms with E-state index < -0.39 is 11.7 Å². The van der Waals surface area contributed by atoms with Crippen molar-refractivity contribution >= 4 is 23.4 Å². The van der Waals surface area contributed by atoms with Crippen molar-refractivity contribution in [2.75, 3.05) is 18.9 Å². The summed E-state index contributed by atoms with van der Waals surface area (Å²) in [5.41, 5.74) is 0.837. The number of nitrogens with zero attached hydrogens (tertiary/aromatic N) is 1. The second-order valence-electron chi connectivity index (χ2n) is 6.25. The molecule has 0 aliphatic carbocycles.